The molecule has 2 fully saturated rings. The zero-order valence-electron chi connectivity index (χ0n) is 14.9. The van der Waals surface area contributed by atoms with Crippen LogP contribution in [0.5, 0.6) is 0 Å². The minimum absolute atomic E-state index is 0.415. The average Bonchev–Trinajstić information content (AvgIpc) is 3.26. The number of fused-ring (bicyclic) bond motifs is 1. The lowest BCUT2D eigenvalue weighted by molar-refractivity contribution is 0.639. The molecule has 0 amide bonds. The summed E-state index contributed by atoms with van der Waals surface area (Å²) in [5.74, 6) is 3.43. The highest BCUT2D eigenvalue weighted by atomic mass is 15.4. The fourth-order valence-electron chi connectivity index (χ4n) is 3.78. The van der Waals surface area contributed by atoms with E-state index in [1.54, 1.807) is 6.20 Å². The van der Waals surface area contributed by atoms with E-state index in [9.17, 15) is 0 Å². The van der Waals surface area contributed by atoms with Crippen LogP contribution >= 0.6 is 0 Å². The molecule has 5 rings (SSSR count). The van der Waals surface area contributed by atoms with Gasteiger partial charge in [0.25, 0.3) is 0 Å². The van der Waals surface area contributed by atoms with Crippen molar-refractivity contribution in [1.82, 2.24) is 30.0 Å². The summed E-state index contributed by atoms with van der Waals surface area (Å²) in [6, 6.07) is 8.43. The molecule has 4 heterocycles. The van der Waals surface area contributed by atoms with E-state index in [1.165, 1.54) is 19.3 Å². The Labute approximate surface area is 151 Å². The number of nitrogens with zero attached hydrogens (tertiary/aromatic N) is 8. The van der Waals surface area contributed by atoms with Gasteiger partial charge in [0.1, 0.15) is 5.82 Å². The van der Waals surface area contributed by atoms with Gasteiger partial charge in [-0.15, -0.1) is 20.4 Å². The molecule has 1 saturated heterocycles. The smallest absolute Gasteiger partial charge is 0.178 e. The lowest BCUT2D eigenvalue weighted by Crippen LogP contribution is -2.39. The lowest BCUT2D eigenvalue weighted by Gasteiger charge is -2.29. The number of anilines is 2. The Balaban J connectivity index is 1.37. The highest BCUT2D eigenvalue weighted by Crippen LogP contribution is 2.38. The van der Waals surface area contributed by atoms with E-state index in [4.69, 9.17) is 5.10 Å². The van der Waals surface area contributed by atoms with Crippen molar-refractivity contribution in [3.05, 3.63) is 36.3 Å². The molecule has 3 aromatic rings. The van der Waals surface area contributed by atoms with Crippen molar-refractivity contribution in [2.45, 2.75) is 37.6 Å². The molecular formula is C18H22N8. The van der Waals surface area contributed by atoms with Crippen LogP contribution < -0.4 is 9.80 Å². The predicted octanol–water partition coefficient (Wildman–Crippen LogP) is 1.90. The molecule has 0 bridgehead atoms. The Bertz CT molecular complexity index is 904. The maximum atomic E-state index is 4.81. The molecule has 8 nitrogen and oxygen atoms in total. The summed E-state index contributed by atoms with van der Waals surface area (Å²) in [7, 11) is 2.10. The summed E-state index contributed by atoms with van der Waals surface area (Å²) in [6.07, 6.45) is 6.44. The minimum atomic E-state index is 0.415. The van der Waals surface area contributed by atoms with Gasteiger partial charge >= 0.3 is 0 Å². The second kappa shape index (κ2) is 6.19. The van der Waals surface area contributed by atoms with Crippen molar-refractivity contribution >= 4 is 17.3 Å². The summed E-state index contributed by atoms with van der Waals surface area (Å²) < 4.78 is 1.92. The Kier molecular flexibility index (Phi) is 3.69. The summed E-state index contributed by atoms with van der Waals surface area (Å²) in [4.78, 5) is 4.58. The van der Waals surface area contributed by atoms with E-state index >= 15 is 0 Å². The first-order valence-corrected chi connectivity index (χ1v) is 9.27. The van der Waals surface area contributed by atoms with Crippen molar-refractivity contribution in [1.29, 1.82) is 0 Å². The van der Waals surface area contributed by atoms with Crippen molar-refractivity contribution in [2.24, 2.45) is 0 Å². The molecule has 134 valence electrons. The maximum absolute atomic E-state index is 4.81. The van der Waals surface area contributed by atoms with E-state index in [0.717, 1.165) is 42.6 Å². The third-order valence-electron chi connectivity index (χ3n) is 5.32. The van der Waals surface area contributed by atoms with Crippen LogP contribution in [0.4, 0.5) is 11.6 Å². The molecule has 2 aliphatic rings. The SMILES string of the molecule is CN(CC1CCCN1c1cccnn1)c1ccc2nnc(C3CC3)n2n1. The van der Waals surface area contributed by atoms with Crippen LogP contribution in [-0.2, 0) is 0 Å². The van der Waals surface area contributed by atoms with Gasteiger partial charge in [-0.25, -0.2) is 0 Å². The molecule has 1 saturated carbocycles. The topological polar surface area (TPSA) is 75.3 Å². The van der Waals surface area contributed by atoms with Crippen LogP contribution in [0.2, 0.25) is 0 Å². The average molecular weight is 350 g/mol. The Hall–Kier alpha value is -2.77. The molecule has 8 heteroatoms. The molecular weight excluding hydrogens is 328 g/mol. The number of hydrogen-bond acceptors (Lipinski definition) is 7. The molecule has 26 heavy (non-hydrogen) atoms. The number of likely N-dealkylation sites (N-methyl/N-ethyl adjacent to an activating group) is 1. The highest BCUT2D eigenvalue weighted by Gasteiger charge is 2.30. The Morgan fingerprint density at radius 1 is 1.12 bits per heavy atom. The van der Waals surface area contributed by atoms with Gasteiger partial charge < -0.3 is 9.80 Å². The molecule has 3 aromatic heterocycles. The minimum Gasteiger partial charge on any atom is -0.356 e. The van der Waals surface area contributed by atoms with Gasteiger partial charge in [0.15, 0.2) is 17.3 Å². The third-order valence-corrected chi connectivity index (χ3v) is 5.32. The van der Waals surface area contributed by atoms with Crippen molar-refractivity contribution in [3.63, 3.8) is 0 Å². The van der Waals surface area contributed by atoms with E-state index in [2.05, 4.69) is 37.2 Å². The third kappa shape index (κ3) is 2.75. The van der Waals surface area contributed by atoms with E-state index in [-0.39, 0.29) is 0 Å². The molecule has 1 aliphatic heterocycles. The standard InChI is InChI=1S/C18H22N8/c1-24(12-14-4-3-11-25(14)15-5-2-10-19-20-15)17-9-8-16-21-22-18(13-6-7-13)26(16)23-17/h2,5,8-10,13-14H,3-4,6-7,11-12H2,1H3. The van der Waals surface area contributed by atoms with Gasteiger partial charge in [0.2, 0.25) is 0 Å². The first-order chi connectivity index (χ1) is 12.8. The summed E-state index contributed by atoms with van der Waals surface area (Å²) in [5.41, 5.74) is 0.825. The van der Waals surface area contributed by atoms with E-state index < -0.39 is 0 Å². The Morgan fingerprint density at radius 2 is 2.04 bits per heavy atom. The van der Waals surface area contributed by atoms with Crippen molar-refractivity contribution in [2.75, 3.05) is 29.9 Å². The Morgan fingerprint density at radius 3 is 2.85 bits per heavy atom. The highest BCUT2D eigenvalue weighted by molar-refractivity contribution is 5.47. The first kappa shape index (κ1) is 15.5. The number of rotatable bonds is 5. The van der Waals surface area contributed by atoms with Gasteiger partial charge in [-0.3, -0.25) is 0 Å². The molecule has 0 N–H and O–H groups in total. The second-order valence-electron chi connectivity index (χ2n) is 7.25. The predicted molar refractivity (Wildman–Crippen MR) is 98.4 cm³/mol. The van der Waals surface area contributed by atoms with Crippen LogP contribution in [0.1, 0.15) is 37.4 Å². The van der Waals surface area contributed by atoms with Crippen LogP contribution in [0.25, 0.3) is 5.65 Å². The monoisotopic (exact) mass is 350 g/mol. The van der Waals surface area contributed by atoms with Crippen molar-refractivity contribution < 1.29 is 0 Å². The molecule has 1 atom stereocenters. The van der Waals surface area contributed by atoms with E-state index in [0.29, 0.717) is 12.0 Å². The van der Waals surface area contributed by atoms with Gasteiger partial charge in [0, 0.05) is 38.3 Å². The van der Waals surface area contributed by atoms with Crippen LogP contribution in [0, 0.1) is 0 Å². The number of hydrogen-bond donors (Lipinski definition) is 0. The summed E-state index contributed by atoms with van der Waals surface area (Å²) in [5, 5.41) is 21.7. The molecule has 0 aromatic carbocycles. The number of aromatic nitrogens is 6. The van der Waals surface area contributed by atoms with Crippen LogP contribution in [0.15, 0.2) is 30.5 Å². The van der Waals surface area contributed by atoms with Crippen molar-refractivity contribution in [3.8, 4) is 0 Å². The molecule has 0 radical (unpaired) electrons. The van der Waals surface area contributed by atoms with Gasteiger partial charge in [-0.05, 0) is 49.9 Å². The van der Waals surface area contributed by atoms with Gasteiger partial charge in [0.05, 0.1) is 0 Å². The zero-order chi connectivity index (χ0) is 17.5. The molecule has 1 unspecified atom stereocenters. The fraction of sp³-hybridized carbons (Fsp3) is 0.500. The van der Waals surface area contributed by atoms with Crippen LogP contribution in [-0.4, -0.2) is 56.2 Å². The maximum Gasteiger partial charge on any atom is 0.178 e. The molecule has 1 aliphatic carbocycles. The van der Waals surface area contributed by atoms with E-state index in [1.807, 2.05) is 28.8 Å². The summed E-state index contributed by atoms with van der Waals surface area (Å²) >= 11 is 0. The first-order valence-electron chi connectivity index (χ1n) is 9.27. The van der Waals surface area contributed by atoms with Gasteiger partial charge in [-0.2, -0.15) is 9.61 Å². The fourth-order valence-corrected chi connectivity index (χ4v) is 3.78. The zero-order valence-corrected chi connectivity index (χ0v) is 14.9. The van der Waals surface area contributed by atoms with Gasteiger partial charge in [-0.1, -0.05) is 0 Å². The summed E-state index contributed by atoms with van der Waals surface area (Å²) in [6.45, 7) is 1.93. The normalized spacial score (nSPS) is 20.0. The quantitative estimate of drug-likeness (QED) is 0.695. The molecule has 0 spiro atoms. The van der Waals surface area contributed by atoms with Crippen LogP contribution in [0.3, 0.4) is 0 Å². The lowest BCUT2D eigenvalue weighted by atomic mass is 10.2. The second-order valence-corrected chi connectivity index (χ2v) is 7.25. The largest absolute Gasteiger partial charge is 0.356 e.